The first-order valence-corrected chi connectivity index (χ1v) is 4.71. The van der Waals surface area contributed by atoms with Gasteiger partial charge in [0.25, 0.3) is 0 Å². The molecule has 0 amide bonds. The van der Waals surface area contributed by atoms with Gasteiger partial charge in [-0.1, -0.05) is 51.9 Å². The van der Waals surface area contributed by atoms with E-state index < -0.39 is 0 Å². The SMILES string of the molecule is [CH2-]CCCCCCCCC.[OH-].[OH-].[OH-].[Ti+4]. The summed E-state index contributed by atoms with van der Waals surface area (Å²) in [6.45, 7) is 6.08. The van der Waals surface area contributed by atoms with Gasteiger partial charge < -0.3 is 23.4 Å². The average molecular weight is 240 g/mol. The topological polar surface area (TPSA) is 90.0 Å². The molecule has 0 aromatic rings. The summed E-state index contributed by atoms with van der Waals surface area (Å²) in [5, 5.41) is 0. The Bertz CT molecular complexity index is 55.3. The van der Waals surface area contributed by atoms with Crippen LogP contribution in [0, 0.1) is 6.92 Å². The van der Waals surface area contributed by atoms with Gasteiger partial charge in [-0.2, -0.15) is 6.42 Å². The molecule has 86 valence electrons. The molecule has 0 bridgehead atoms. The molecule has 0 heterocycles. The zero-order valence-electron chi connectivity index (χ0n) is 9.21. The fourth-order valence-electron chi connectivity index (χ4n) is 1.13. The largest absolute Gasteiger partial charge is 4.00 e. The van der Waals surface area contributed by atoms with Crippen LogP contribution in [-0.2, 0) is 21.7 Å². The molecule has 0 unspecified atom stereocenters. The first-order chi connectivity index (χ1) is 4.91. The first-order valence-electron chi connectivity index (χ1n) is 4.71. The fraction of sp³-hybridized carbons (Fsp3) is 0.900. The summed E-state index contributed by atoms with van der Waals surface area (Å²) < 4.78 is 0. The summed E-state index contributed by atoms with van der Waals surface area (Å²) in [6.07, 6.45) is 10.9. The second kappa shape index (κ2) is 29.2. The quantitative estimate of drug-likeness (QED) is 0.387. The minimum absolute atomic E-state index is 0. The van der Waals surface area contributed by atoms with E-state index in [-0.39, 0.29) is 38.1 Å². The van der Waals surface area contributed by atoms with Crippen LogP contribution in [0.3, 0.4) is 0 Å². The van der Waals surface area contributed by atoms with Crippen molar-refractivity contribution in [3.63, 3.8) is 0 Å². The summed E-state index contributed by atoms with van der Waals surface area (Å²) in [7, 11) is 0. The molecule has 0 aromatic carbocycles. The maximum Gasteiger partial charge on any atom is 4.00 e. The summed E-state index contributed by atoms with van der Waals surface area (Å²) in [4.78, 5) is 0. The Kier molecular flexibility index (Phi) is 61.1. The van der Waals surface area contributed by atoms with Gasteiger partial charge in [0, 0.05) is 0 Å². The van der Waals surface area contributed by atoms with Crippen molar-refractivity contribution < 1.29 is 38.1 Å². The zero-order valence-corrected chi connectivity index (χ0v) is 10.8. The maximum atomic E-state index is 3.82. The Hall–Kier alpha value is 0.594. The monoisotopic (exact) mass is 240 g/mol. The Labute approximate surface area is 103 Å². The second-order valence-corrected chi connectivity index (χ2v) is 2.97. The Balaban J connectivity index is -0.0000000675. The molecule has 0 atom stereocenters. The van der Waals surface area contributed by atoms with Crippen LogP contribution in [0.15, 0.2) is 0 Å². The van der Waals surface area contributed by atoms with Crippen molar-refractivity contribution in [2.45, 2.75) is 58.3 Å². The van der Waals surface area contributed by atoms with Gasteiger partial charge in [-0.05, 0) is 0 Å². The van der Waals surface area contributed by atoms with Gasteiger partial charge in [0.15, 0.2) is 0 Å². The number of rotatable bonds is 7. The molecule has 0 aliphatic rings. The van der Waals surface area contributed by atoms with Crippen molar-refractivity contribution in [2.75, 3.05) is 0 Å². The van der Waals surface area contributed by atoms with Gasteiger partial charge in [0.05, 0.1) is 0 Å². The van der Waals surface area contributed by atoms with Crippen molar-refractivity contribution in [3.8, 4) is 0 Å². The van der Waals surface area contributed by atoms with Crippen LogP contribution in [0.1, 0.15) is 58.3 Å². The van der Waals surface area contributed by atoms with Gasteiger partial charge >= 0.3 is 21.7 Å². The number of hydrogen-bond donors (Lipinski definition) is 0. The van der Waals surface area contributed by atoms with Crippen molar-refractivity contribution in [2.24, 2.45) is 0 Å². The third-order valence-electron chi connectivity index (χ3n) is 1.85. The van der Waals surface area contributed by atoms with Crippen molar-refractivity contribution in [1.29, 1.82) is 0 Å². The molecule has 3 N–H and O–H groups in total. The van der Waals surface area contributed by atoms with E-state index in [1.54, 1.807) is 0 Å². The van der Waals surface area contributed by atoms with E-state index in [0.717, 1.165) is 6.42 Å². The molecular weight excluding hydrogens is 216 g/mol. The van der Waals surface area contributed by atoms with E-state index in [9.17, 15) is 0 Å². The predicted octanol–water partition coefficient (Wildman–Crippen LogP) is 3.43. The molecule has 0 rings (SSSR count). The van der Waals surface area contributed by atoms with Gasteiger partial charge in [0.2, 0.25) is 0 Å². The fourth-order valence-corrected chi connectivity index (χ4v) is 1.13. The molecule has 14 heavy (non-hydrogen) atoms. The van der Waals surface area contributed by atoms with Crippen LogP contribution >= 0.6 is 0 Å². The molecule has 0 aliphatic carbocycles. The van der Waals surface area contributed by atoms with E-state index in [1.807, 2.05) is 0 Å². The molecule has 3 nitrogen and oxygen atoms in total. The standard InChI is InChI=1S/C10H21.3H2O.Ti/c1-3-5-7-9-10-8-6-4-2;;;;/h1,3-10H2,2H3;3*1H2;/q-1;;;;+4/p-3. The van der Waals surface area contributed by atoms with E-state index in [4.69, 9.17) is 0 Å². The second-order valence-electron chi connectivity index (χ2n) is 2.97. The van der Waals surface area contributed by atoms with E-state index in [0.29, 0.717) is 0 Å². The molecular formula is C10H24O3Ti. The molecule has 0 radical (unpaired) electrons. The van der Waals surface area contributed by atoms with Crippen LogP contribution < -0.4 is 0 Å². The van der Waals surface area contributed by atoms with Gasteiger partial charge in [0.1, 0.15) is 0 Å². The molecule has 0 spiro atoms. The van der Waals surface area contributed by atoms with Crippen molar-refractivity contribution in [1.82, 2.24) is 0 Å². The van der Waals surface area contributed by atoms with Crippen LogP contribution in [0.4, 0.5) is 0 Å². The summed E-state index contributed by atoms with van der Waals surface area (Å²) in [6, 6.07) is 0. The minimum atomic E-state index is 0. The maximum absolute atomic E-state index is 3.82. The van der Waals surface area contributed by atoms with Crippen molar-refractivity contribution in [3.05, 3.63) is 6.92 Å². The normalized spacial score (nSPS) is 7.29. The van der Waals surface area contributed by atoms with Crippen molar-refractivity contribution >= 4 is 0 Å². The van der Waals surface area contributed by atoms with Crippen LogP contribution in [0.5, 0.6) is 0 Å². The zero-order chi connectivity index (χ0) is 7.66. The van der Waals surface area contributed by atoms with Crippen LogP contribution in [0.2, 0.25) is 0 Å². The van der Waals surface area contributed by atoms with Crippen LogP contribution in [0.25, 0.3) is 0 Å². The molecule has 0 aliphatic heterocycles. The van der Waals surface area contributed by atoms with Crippen LogP contribution in [-0.4, -0.2) is 16.4 Å². The minimum Gasteiger partial charge on any atom is -0.870 e. The number of unbranched alkanes of at least 4 members (excludes halogenated alkanes) is 7. The third-order valence-corrected chi connectivity index (χ3v) is 1.85. The summed E-state index contributed by atoms with van der Waals surface area (Å²) in [5.74, 6) is 0. The smallest absolute Gasteiger partial charge is 0.870 e. The predicted molar refractivity (Wildman–Crippen MR) is 53.8 cm³/mol. The summed E-state index contributed by atoms with van der Waals surface area (Å²) in [5.41, 5.74) is 0. The number of hydrogen-bond acceptors (Lipinski definition) is 3. The van der Waals surface area contributed by atoms with Gasteiger partial charge in [-0.3, -0.25) is 0 Å². The Morgan fingerprint density at radius 1 is 0.714 bits per heavy atom. The molecule has 0 saturated heterocycles. The third kappa shape index (κ3) is 29.4. The molecule has 0 aromatic heterocycles. The average Bonchev–Trinajstić information content (AvgIpc) is 1.97. The molecule has 0 fully saturated rings. The Morgan fingerprint density at radius 3 is 1.43 bits per heavy atom. The van der Waals surface area contributed by atoms with E-state index in [2.05, 4.69) is 13.8 Å². The summed E-state index contributed by atoms with van der Waals surface area (Å²) >= 11 is 0. The van der Waals surface area contributed by atoms with E-state index in [1.165, 1.54) is 44.9 Å². The van der Waals surface area contributed by atoms with Gasteiger partial charge in [-0.25, -0.2) is 0 Å². The molecule has 4 heteroatoms. The van der Waals surface area contributed by atoms with E-state index >= 15 is 0 Å². The van der Waals surface area contributed by atoms with Gasteiger partial charge in [-0.15, -0.1) is 0 Å². The molecule has 0 saturated carbocycles. The first kappa shape index (κ1) is 29.3. The Morgan fingerprint density at radius 2 is 1.07 bits per heavy atom.